The fourth-order valence-corrected chi connectivity index (χ4v) is 2.83. The summed E-state index contributed by atoms with van der Waals surface area (Å²) in [4.78, 5) is 16.8. The van der Waals surface area contributed by atoms with E-state index >= 15 is 0 Å². The van der Waals surface area contributed by atoms with Crippen molar-refractivity contribution in [1.29, 1.82) is 0 Å². The zero-order valence-electron chi connectivity index (χ0n) is 14.6. The van der Waals surface area contributed by atoms with Gasteiger partial charge in [-0.15, -0.1) is 0 Å². The van der Waals surface area contributed by atoms with Crippen LogP contribution in [0.5, 0.6) is 5.75 Å². The highest BCUT2D eigenvalue weighted by molar-refractivity contribution is 6.32. The lowest BCUT2D eigenvalue weighted by Gasteiger charge is -2.07. The molecule has 3 rings (SSSR count). The minimum Gasteiger partial charge on any atom is -0.495 e. The number of hydrogen-bond donors (Lipinski definition) is 1. The van der Waals surface area contributed by atoms with Crippen LogP contribution in [0.15, 0.2) is 52.9 Å². The number of benzene rings is 2. The van der Waals surface area contributed by atoms with E-state index in [1.54, 1.807) is 18.2 Å². The summed E-state index contributed by atoms with van der Waals surface area (Å²) in [6.45, 7) is 2.32. The highest BCUT2D eigenvalue weighted by Gasteiger charge is 2.13. The van der Waals surface area contributed by atoms with Gasteiger partial charge >= 0.3 is 0 Å². The third-order valence-corrected chi connectivity index (χ3v) is 4.27. The van der Waals surface area contributed by atoms with Crippen LogP contribution in [-0.4, -0.2) is 24.5 Å². The van der Waals surface area contributed by atoms with E-state index in [2.05, 4.69) is 10.3 Å². The number of methoxy groups -OCH3 is 1. The minimum atomic E-state index is -0.195. The van der Waals surface area contributed by atoms with Gasteiger partial charge in [0.1, 0.15) is 11.5 Å². The largest absolute Gasteiger partial charge is 0.495 e. The zero-order chi connectivity index (χ0) is 18.5. The third kappa shape index (κ3) is 4.06. The Morgan fingerprint density at radius 1 is 1.23 bits per heavy atom. The van der Waals surface area contributed by atoms with E-state index in [4.69, 9.17) is 20.8 Å². The second kappa shape index (κ2) is 8.06. The molecule has 26 heavy (non-hydrogen) atoms. The molecule has 2 aromatic carbocycles. The monoisotopic (exact) mass is 370 g/mol. The first-order chi connectivity index (χ1) is 12.6. The average molecular weight is 371 g/mol. The Labute approximate surface area is 157 Å². The Bertz CT molecular complexity index is 907. The summed E-state index contributed by atoms with van der Waals surface area (Å²) in [6, 6.07) is 14.7. The number of hydrogen-bond acceptors (Lipinski definition) is 4. The normalized spacial score (nSPS) is 10.6. The lowest BCUT2D eigenvalue weighted by Crippen LogP contribution is -2.25. The Morgan fingerprint density at radius 2 is 2.00 bits per heavy atom. The van der Waals surface area contributed by atoms with Crippen molar-refractivity contribution < 1.29 is 13.9 Å². The molecule has 1 N–H and O–H groups in total. The summed E-state index contributed by atoms with van der Waals surface area (Å²) in [5.41, 5.74) is 2.24. The first-order valence-electron chi connectivity index (χ1n) is 8.22. The first kappa shape index (κ1) is 18.0. The molecule has 0 aliphatic carbocycles. The average Bonchev–Trinajstić information content (AvgIpc) is 3.03. The molecule has 0 saturated heterocycles. The SMILES string of the molecule is COc1ccc(C(=O)NCCc2nc(-c3ccccc3)oc2C)cc1Cl. The molecule has 0 aliphatic rings. The maximum Gasteiger partial charge on any atom is 0.251 e. The lowest BCUT2D eigenvalue weighted by atomic mass is 10.2. The van der Waals surface area contributed by atoms with Crippen LogP contribution in [-0.2, 0) is 6.42 Å². The van der Waals surface area contributed by atoms with Gasteiger partial charge in [-0.1, -0.05) is 29.8 Å². The van der Waals surface area contributed by atoms with E-state index in [-0.39, 0.29) is 5.91 Å². The fraction of sp³-hybridized carbons (Fsp3) is 0.200. The van der Waals surface area contributed by atoms with E-state index < -0.39 is 0 Å². The van der Waals surface area contributed by atoms with E-state index in [9.17, 15) is 4.79 Å². The van der Waals surface area contributed by atoms with Crippen LogP contribution in [0.3, 0.4) is 0 Å². The second-order valence-corrected chi connectivity index (χ2v) is 6.15. The number of amides is 1. The van der Waals surface area contributed by atoms with Gasteiger partial charge < -0.3 is 14.5 Å². The molecule has 0 fully saturated rings. The topological polar surface area (TPSA) is 64.4 Å². The van der Waals surface area contributed by atoms with Crippen molar-refractivity contribution in [3.63, 3.8) is 0 Å². The van der Waals surface area contributed by atoms with Crippen molar-refractivity contribution in [1.82, 2.24) is 10.3 Å². The number of carbonyl (C=O) groups is 1. The molecule has 0 aliphatic heterocycles. The highest BCUT2D eigenvalue weighted by Crippen LogP contribution is 2.25. The number of aromatic nitrogens is 1. The van der Waals surface area contributed by atoms with E-state index in [1.165, 1.54) is 7.11 Å². The molecule has 6 heteroatoms. The van der Waals surface area contributed by atoms with Gasteiger partial charge in [0.15, 0.2) is 0 Å². The van der Waals surface area contributed by atoms with Crippen LogP contribution in [0.4, 0.5) is 0 Å². The number of oxazole rings is 1. The van der Waals surface area contributed by atoms with Crippen LogP contribution in [0.2, 0.25) is 5.02 Å². The van der Waals surface area contributed by atoms with Gasteiger partial charge in [-0.25, -0.2) is 4.98 Å². The van der Waals surface area contributed by atoms with E-state index in [0.29, 0.717) is 35.2 Å². The van der Waals surface area contributed by atoms with Gasteiger partial charge in [-0.3, -0.25) is 4.79 Å². The maximum absolute atomic E-state index is 12.2. The summed E-state index contributed by atoms with van der Waals surface area (Å²) in [7, 11) is 1.53. The van der Waals surface area contributed by atoms with Crippen molar-refractivity contribution in [3.8, 4) is 17.2 Å². The van der Waals surface area contributed by atoms with E-state index in [0.717, 1.165) is 17.0 Å². The van der Waals surface area contributed by atoms with Gasteiger partial charge in [-0.2, -0.15) is 0 Å². The predicted molar refractivity (Wildman–Crippen MR) is 101 cm³/mol. The molecule has 0 unspecified atom stereocenters. The van der Waals surface area contributed by atoms with Gasteiger partial charge in [-0.05, 0) is 37.3 Å². The number of aryl methyl sites for hydroxylation is 1. The maximum atomic E-state index is 12.2. The molecule has 5 nitrogen and oxygen atoms in total. The molecule has 134 valence electrons. The summed E-state index contributed by atoms with van der Waals surface area (Å²) >= 11 is 6.06. The smallest absolute Gasteiger partial charge is 0.251 e. The number of nitrogens with zero attached hydrogens (tertiary/aromatic N) is 1. The second-order valence-electron chi connectivity index (χ2n) is 5.74. The molecular weight excluding hydrogens is 352 g/mol. The highest BCUT2D eigenvalue weighted by atomic mass is 35.5. The standard InChI is InChI=1S/C20H19ClN2O3/c1-13-17(23-20(26-13)14-6-4-3-5-7-14)10-11-22-19(24)15-8-9-18(25-2)16(21)12-15/h3-9,12H,10-11H2,1-2H3,(H,22,24). The number of halogens is 1. The van der Waals surface area contributed by atoms with E-state index in [1.807, 2.05) is 37.3 Å². The van der Waals surface area contributed by atoms with Crippen molar-refractivity contribution in [2.75, 3.05) is 13.7 Å². The van der Waals surface area contributed by atoms with Crippen LogP contribution < -0.4 is 10.1 Å². The summed E-state index contributed by atoms with van der Waals surface area (Å²) in [6.07, 6.45) is 0.581. The van der Waals surface area contributed by atoms with Gasteiger partial charge in [0.2, 0.25) is 5.89 Å². The third-order valence-electron chi connectivity index (χ3n) is 3.97. The molecule has 1 aromatic heterocycles. The molecule has 1 heterocycles. The number of nitrogens with one attached hydrogen (secondary N) is 1. The molecule has 0 bridgehead atoms. The van der Waals surface area contributed by atoms with Crippen molar-refractivity contribution in [2.45, 2.75) is 13.3 Å². The van der Waals surface area contributed by atoms with Crippen molar-refractivity contribution >= 4 is 17.5 Å². The van der Waals surface area contributed by atoms with Crippen LogP contribution in [0.1, 0.15) is 21.8 Å². The zero-order valence-corrected chi connectivity index (χ0v) is 15.3. The van der Waals surface area contributed by atoms with Crippen molar-refractivity contribution in [2.24, 2.45) is 0 Å². The van der Waals surface area contributed by atoms with Crippen LogP contribution >= 0.6 is 11.6 Å². The number of rotatable bonds is 6. The summed E-state index contributed by atoms with van der Waals surface area (Å²) in [5, 5.41) is 3.27. The molecule has 3 aromatic rings. The predicted octanol–water partition coefficient (Wildman–Crippen LogP) is 4.28. The molecular formula is C20H19ClN2O3. The Morgan fingerprint density at radius 3 is 2.69 bits per heavy atom. The first-order valence-corrected chi connectivity index (χ1v) is 8.59. The molecule has 0 atom stereocenters. The number of ether oxygens (including phenoxy) is 1. The van der Waals surface area contributed by atoms with Crippen molar-refractivity contribution in [3.05, 3.63) is 70.6 Å². The Hall–Kier alpha value is -2.79. The number of carbonyl (C=O) groups excluding carboxylic acids is 1. The van der Waals surface area contributed by atoms with Gasteiger partial charge in [0.05, 0.1) is 17.8 Å². The quantitative estimate of drug-likeness (QED) is 0.703. The fourth-order valence-electron chi connectivity index (χ4n) is 2.57. The Kier molecular flexibility index (Phi) is 5.58. The van der Waals surface area contributed by atoms with Crippen LogP contribution in [0, 0.1) is 6.92 Å². The van der Waals surface area contributed by atoms with Gasteiger partial charge in [0, 0.05) is 24.1 Å². The molecule has 0 spiro atoms. The molecule has 1 amide bonds. The molecule has 0 saturated carbocycles. The summed E-state index contributed by atoms with van der Waals surface area (Å²) < 4.78 is 10.8. The summed E-state index contributed by atoms with van der Waals surface area (Å²) in [5.74, 6) is 1.69. The van der Waals surface area contributed by atoms with Crippen LogP contribution in [0.25, 0.3) is 11.5 Å². The molecule has 0 radical (unpaired) electrons. The lowest BCUT2D eigenvalue weighted by molar-refractivity contribution is 0.0954. The van der Waals surface area contributed by atoms with Gasteiger partial charge in [0.25, 0.3) is 5.91 Å². The minimum absolute atomic E-state index is 0.195. The Balaban J connectivity index is 1.60.